The van der Waals surface area contributed by atoms with Crippen molar-refractivity contribution in [2.24, 2.45) is 5.73 Å². The van der Waals surface area contributed by atoms with Gasteiger partial charge in [-0.3, -0.25) is 4.79 Å². The average Bonchev–Trinajstić information content (AvgIpc) is 3.02. The lowest BCUT2D eigenvalue weighted by molar-refractivity contribution is 0.0740. The summed E-state index contributed by atoms with van der Waals surface area (Å²) in [6.45, 7) is 5.01. The highest BCUT2D eigenvalue weighted by atomic mass is 35.5. The molecule has 1 atom stereocenters. The monoisotopic (exact) mass is 340 g/mol. The number of rotatable bonds is 6. The molecule has 1 saturated heterocycles. The fourth-order valence-electron chi connectivity index (χ4n) is 2.99. The van der Waals surface area contributed by atoms with E-state index in [0.717, 1.165) is 24.9 Å². The smallest absolute Gasteiger partial charge is 0.254 e. The van der Waals surface area contributed by atoms with Crippen molar-refractivity contribution in [3.63, 3.8) is 0 Å². The van der Waals surface area contributed by atoms with Gasteiger partial charge in [-0.05, 0) is 31.4 Å². The molecule has 23 heavy (non-hydrogen) atoms. The summed E-state index contributed by atoms with van der Waals surface area (Å²) in [5, 5.41) is 0. The Morgan fingerprint density at radius 2 is 2.17 bits per heavy atom. The van der Waals surface area contributed by atoms with Crippen LogP contribution >= 0.6 is 12.4 Å². The van der Waals surface area contributed by atoms with Crippen LogP contribution in [0.2, 0.25) is 0 Å². The third kappa shape index (κ3) is 3.98. The van der Waals surface area contributed by atoms with E-state index in [-0.39, 0.29) is 24.4 Å². The third-order valence-electron chi connectivity index (χ3n) is 4.08. The Kier molecular flexibility index (Phi) is 7.39. The third-order valence-corrected chi connectivity index (χ3v) is 4.08. The number of amides is 1. The number of allylic oxidation sites excluding steroid dienone is 1. The molecular formula is C17H25ClN2O3. The number of carbonyl (C=O) groups is 1. The largest absolute Gasteiger partial charge is 0.493 e. The maximum atomic E-state index is 12.8. The number of benzene rings is 1. The lowest BCUT2D eigenvalue weighted by Crippen LogP contribution is -2.39. The molecule has 1 aliphatic rings. The lowest BCUT2D eigenvalue weighted by Gasteiger charge is -2.24. The lowest BCUT2D eigenvalue weighted by atomic mass is 10.0. The van der Waals surface area contributed by atoms with Gasteiger partial charge in [-0.25, -0.2) is 0 Å². The first-order valence-corrected chi connectivity index (χ1v) is 7.53. The molecule has 0 radical (unpaired) electrons. The summed E-state index contributed by atoms with van der Waals surface area (Å²) in [6, 6.07) is 3.72. The van der Waals surface area contributed by atoms with Gasteiger partial charge in [0.05, 0.1) is 14.2 Å². The molecule has 6 heteroatoms. The Hall–Kier alpha value is -1.72. The molecule has 0 spiro atoms. The Balaban J connectivity index is 0.00000264. The number of ether oxygens (including phenoxy) is 2. The van der Waals surface area contributed by atoms with E-state index in [2.05, 4.69) is 6.58 Å². The number of methoxy groups -OCH3 is 2. The molecule has 1 unspecified atom stereocenters. The molecule has 2 rings (SSSR count). The highest BCUT2D eigenvalue weighted by Gasteiger charge is 2.29. The minimum Gasteiger partial charge on any atom is -0.493 e. The second kappa shape index (κ2) is 8.79. The highest BCUT2D eigenvalue weighted by Crippen LogP contribution is 2.34. The standard InChI is InChI=1S/C17H24N2O3.ClH/c1-4-6-12-9-13(10-15(21-2)16(12)22-3)17(20)19-8-5-7-14(19)11-18;/h4,9-10,14H,1,5-8,11,18H2,2-3H3;1H. The number of likely N-dealkylation sites (tertiary alicyclic amines) is 1. The summed E-state index contributed by atoms with van der Waals surface area (Å²) in [4.78, 5) is 14.6. The zero-order valence-corrected chi connectivity index (χ0v) is 14.5. The summed E-state index contributed by atoms with van der Waals surface area (Å²) in [7, 11) is 3.17. The minimum atomic E-state index is -0.000727. The van der Waals surface area contributed by atoms with Crippen LogP contribution < -0.4 is 15.2 Å². The molecule has 0 bridgehead atoms. The maximum Gasteiger partial charge on any atom is 0.254 e. The molecule has 5 nitrogen and oxygen atoms in total. The number of carbonyl (C=O) groups excluding carboxylic acids is 1. The zero-order chi connectivity index (χ0) is 16.1. The first-order chi connectivity index (χ1) is 10.7. The number of halogens is 1. The van der Waals surface area contributed by atoms with Crippen LogP contribution in [0.5, 0.6) is 11.5 Å². The van der Waals surface area contributed by atoms with Crippen LogP contribution in [0.15, 0.2) is 24.8 Å². The number of hydrogen-bond acceptors (Lipinski definition) is 4. The van der Waals surface area contributed by atoms with Crippen LogP contribution in [0.1, 0.15) is 28.8 Å². The first kappa shape index (κ1) is 19.3. The predicted octanol–water partition coefficient (Wildman–Crippen LogP) is 2.42. The fraction of sp³-hybridized carbons (Fsp3) is 0.471. The Labute approximate surface area is 143 Å². The summed E-state index contributed by atoms with van der Waals surface area (Å²) < 4.78 is 10.8. The molecule has 1 amide bonds. The Morgan fingerprint density at radius 1 is 1.43 bits per heavy atom. The van der Waals surface area contributed by atoms with Gasteiger partial charge < -0.3 is 20.1 Å². The van der Waals surface area contributed by atoms with Gasteiger partial charge in [-0.15, -0.1) is 19.0 Å². The van der Waals surface area contributed by atoms with E-state index in [4.69, 9.17) is 15.2 Å². The van der Waals surface area contributed by atoms with E-state index < -0.39 is 0 Å². The Bertz CT molecular complexity index is 563. The molecule has 1 fully saturated rings. The second-order valence-corrected chi connectivity index (χ2v) is 5.39. The van der Waals surface area contributed by atoms with Crippen LogP contribution in [0, 0.1) is 0 Å². The van der Waals surface area contributed by atoms with E-state index >= 15 is 0 Å². The molecule has 1 aromatic rings. The quantitative estimate of drug-likeness (QED) is 0.808. The molecule has 0 aliphatic carbocycles. The summed E-state index contributed by atoms with van der Waals surface area (Å²) >= 11 is 0. The highest BCUT2D eigenvalue weighted by molar-refractivity contribution is 5.95. The molecule has 0 aromatic heterocycles. The van der Waals surface area contributed by atoms with Crippen molar-refractivity contribution in [1.82, 2.24) is 4.90 Å². The van der Waals surface area contributed by atoms with Crippen LogP contribution in [0.4, 0.5) is 0 Å². The van der Waals surface area contributed by atoms with E-state index in [1.807, 2.05) is 11.0 Å². The molecular weight excluding hydrogens is 316 g/mol. The number of nitrogens with two attached hydrogens (primary N) is 1. The molecule has 0 saturated carbocycles. The van der Waals surface area contributed by atoms with Gasteiger partial charge in [0.25, 0.3) is 5.91 Å². The number of hydrogen-bond donors (Lipinski definition) is 1. The zero-order valence-electron chi connectivity index (χ0n) is 13.7. The van der Waals surface area contributed by atoms with Crippen molar-refractivity contribution in [2.45, 2.75) is 25.3 Å². The summed E-state index contributed by atoms with van der Waals surface area (Å²) in [5.74, 6) is 1.21. The Morgan fingerprint density at radius 3 is 2.74 bits per heavy atom. The van der Waals surface area contributed by atoms with E-state index in [9.17, 15) is 4.79 Å². The minimum absolute atomic E-state index is 0. The van der Waals surface area contributed by atoms with Gasteiger partial charge in [-0.1, -0.05) is 6.08 Å². The van der Waals surface area contributed by atoms with Crippen LogP contribution in [-0.4, -0.2) is 44.2 Å². The van der Waals surface area contributed by atoms with Crippen molar-refractivity contribution >= 4 is 18.3 Å². The molecule has 1 aromatic carbocycles. The average molecular weight is 341 g/mol. The molecule has 128 valence electrons. The normalized spacial score (nSPS) is 16.7. The topological polar surface area (TPSA) is 64.8 Å². The van der Waals surface area contributed by atoms with Gasteiger partial charge in [0.15, 0.2) is 11.5 Å². The van der Waals surface area contributed by atoms with Crippen molar-refractivity contribution in [3.05, 3.63) is 35.9 Å². The van der Waals surface area contributed by atoms with Gasteiger partial charge >= 0.3 is 0 Å². The fourth-order valence-corrected chi connectivity index (χ4v) is 2.99. The van der Waals surface area contributed by atoms with Crippen molar-refractivity contribution in [2.75, 3.05) is 27.3 Å². The van der Waals surface area contributed by atoms with Gasteiger partial charge in [-0.2, -0.15) is 0 Å². The van der Waals surface area contributed by atoms with Gasteiger partial charge in [0.2, 0.25) is 0 Å². The van der Waals surface area contributed by atoms with E-state index in [1.54, 1.807) is 26.4 Å². The van der Waals surface area contributed by atoms with Crippen LogP contribution in [0.3, 0.4) is 0 Å². The molecule has 1 heterocycles. The van der Waals surface area contributed by atoms with E-state index in [1.165, 1.54) is 0 Å². The summed E-state index contributed by atoms with van der Waals surface area (Å²) in [6.07, 6.45) is 4.36. The molecule has 2 N–H and O–H groups in total. The maximum absolute atomic E-state index is 12.8. The first-order valence-electron chi connectivity index (χ1n) is 7.53. The van der Waals surface area contributed by atoms with Gasteiger partial charge in [0.1, 0.15) is 0 Å². The van der Waals surface area contributed by atoms with Crippen LogP contribution in [-0.2, 0) is 6.42 Å². The van der Waals surface area contributed by atoms with Gasteiger partial charge in [0, 0.05) is 30.3 Å². The second-order valence-electron chi connectivity index (χ2n) is 5.39. The SMILES string of the molecule is C=CCc1cc(C(=O)N2CCCC2CN)cc(OC)c1OC.Cl. The van der Waals surface area contributed by atoms with E-state index in [0.29, 0.717) is 30.0 Å². The number of nitrogens with zero attached hydrogens (tertiary/aromatic N) is 1. The van der Waals surface area contributed by atoms with Crippen molar-refractivity contribution < 1.29 is 14.3 Å². The predicted molar refractivity (Wildman–Crippen MR) is 93.8 cm³/mol. The summed E-state index contributed by atoms with van der Waals surface area (Å²) in [5.41, 5.74) is 7.27. The van der Waals surface area contributed by atoms with Crippen LogP contribution in [0.25, 0.3) is 0 Å². The van der Waals surface area contributed by atoms with Crippen molar-refractivity contribution in [3.8, 4) is 11.5 Å². The van der Waals surface area contributed by atoms with Crippen molar-refractivity contribution in [1.29, 1.82) is 0 Å². The molecule has 1 aliphatic heterocycles.